The van der Waals surface area contributed by atoms with Crippen LogP contribution in [0.2, 0.25) is 0 Å². The van der Waals surface area contributed by atoms with E-state index in [9.17, 15) is 5.11 Å². The molecule has 4 fully saturated rings. The third kappa shape index (κ3) is 1.43. The average Bonchev–Trinajstić information content (AvgIpc) is 2.79. The maximum Gasteiger partial charge on any atom is 0.0861 e. The smallest absolute Gasteiger partial charge is 0.0861 e. The first-order valence-electron chi connectivity index (χ1n) is 7.06. The van der Waals surface area contributed by atoms with Gasteiger partial charge in [-0.15, -0.1) is 0 Å². The van der Waals surface area contributed by atoms with Gasteiger partial charge in [-0.05, 0) is 67.9 Å². The van der Waals surface area contributed by atoms with Gasteiger partial charge in [-0.3, -0.25) is 0 Å². The van der Waals surface area contributed by atoms with Crippen LogP contribution in [0, 0.1) is 23.2 Å². The second-order valence-corrected chi connectivity index (χ2v) is 6.83. The molecule has 0 amide bonds. The van der Waals surface area contributed by atoms with Gasteiger partial charge in [-0.2, -0.15) is 0 Å². The zero-order valence-corrected chi connectivity index (χ0v) is 10.2. The highest BCUT2D eigenvalue weighted by Gasteiger charge is 2.54. The molecule has 0 saturated heterocycles. The van der Waals surface area contributed by atoms with Crippen molar-refractivity contribution in [3.63, 3.8) is 0 Å². The number of rotatable bonds is 2. The Morgan fingerprint density at radius 2 is 1.71 bits per heavy atom. The molecule has 1 aromatic rings. The van der Waals surface area contributed by atoms with E-state index in [0.29, 0.717) is 0 Å². The second kappa shape index (κ2) is 3.38. The molecule has 0 radical (unpaired) electrons. The van der Waals surface area contributed by atoms with Crippen LogP contribution in [0.5, 0.6) is 0 Å². The zero-order chi connectivity index (χ0) is 11.5. The van der Waals surface area contributed by atoms with E-state index in [1.807, 2.05) is 18.5 Å². The maximum atomic E-state index is 10.8. The van der Waals surface area contributed by atoms with Crippen molar-refractivity contribution in [2.75, 3.05) is 0 Å². The summed E-state index contributed by atoms with van der Waals surface area (Å²) in [7, 11) is 0. The van der Waals surface area contributed by atoms with Crippen molar-refractivity contribution >= 4 is 0 Å². The third-order valence-electron chi connectivity index (χ3n) is 5.60. The Morgan fingerprint density at radius 3 is 2.18 bits per heavy atom. The molecule has 2 heteroatoms. The Balaban J connectivity index is 1.68. The number of hydrogen-bond acceptors (Lipinski definition) is 1. The standard InChI is InChI=1S/C15H21NO/c17-14(13-1-2-16-9-13)15-6-10-3-11(7-15)5-12(4-10)8-15/h1-2,9-12,14,16-17H,3-8H2. The Morgan fingerprint density at radius 1 is 1.12 bits per heavy atom. The lowest BCUT2D eigenvalue weighted by atomic mass is 9.48. The van der Waals surface area contributed by atoms with Crippen LogP contribution >= 0.6 is 0 Å². The van der Waals surface area contributed by atoms with Crippen molar-refractivity contribution in [1.29, 1.82) is 0 Å². The van der Waals surface area contributed by atoms with Gasteiger partial charge in [0.1, 0.15) is 0 Å². The molecule has 4 aliphatic carbocycles. The van der Waals surface area contributed by atoms with Crippen molar-refractivity contribution in [2.24, 2.45) is 23.2 Å². The van der Waals surface area contributed by atoms with Crippen LogP contribution in [0.15, 0.2) is 18.5 Å². The fraction of sp³-hybridized carbons (Fsp3) is 0.733. The number of nitrogens with one attached hydrogen (secondary N) is 1. The molecule has 4 saturated carbocycles. The van der Waals surface area contributed by atoms with Gasteiger partial charge in [-0.1, -0.05) is 0 Å². The molecule has 1 aromatic heterocycles. The second-order valence-electron chi connectivity index (χ2n) is 6.83. The molecule has 2 N–H and O–H groups in total. The number of aliphatic hydroxyl groups excluding tert-OH is 1. The van der Waals surface area contributed by atoms with Crippen LogP contribution in [0.3, 0.4) is 0 Å². The van der Waals surface area contributed by atoms with E-state index < -0.39 is 0 Å². The Kier molecular flexibility index (Phi) is 2.03. The van der Waals surface area contributed by atoms with Crippen LogP contribution in [0.4, 0.5) is 0 Å². The fourth-order valence-corrected chi connectivity index (χ4v) is 5.37. The maximum absolute atomic E-state index is 10.8. The molecule has 4 bridgehead atoms. The monoisotopic (exact) mass is 231 g/mol. The van der Waals surface area contributed by atoms with Crippen LogP contribution in [-0.2, 0) is 0 Å². The number of aliphatic hydroxyl groups is 1. The summed E-state index contributed by atoms with van der Waals surface area (Å²) in [5.41, 5.74) is 1.32. The van der Waals surface area contributed by atoms with Crippen LogP contribution in [-0.4, -0.2) is 10.1 Å². The summed E-state index contributed by atoms with van der Waals surface area (Å²) in [6, 6.07) is 2.04. The first-order chi connectivity index (χ1) is 8.25. The molecule has 1 unspecified atom stereocenters. The SMILES string of the molecule is OC(c1cc[nH]c1)C12CC3CC(CC(C3)C1)C2. The summed E-state index contributed by atoms with van der Waals surface area (Å²) in [4.78, 5) is 3.08. The molecule has 0 aliphatic heterocycles. The quantitative estimate of drug-likeness (QED) is 0.805. The molecule has 5 rings (SSSR count). The molecule has 92 valence electrons. The van der Waals surface area contributed by atoms with Gasteiger partial charge < -0.3 is 10.1 Å². The normalized spacial score (nSPS) is 45.1. The van der Waals surface area contributed by atoms with Crippen LogP contribution in [0.25, 0.3) is 0 Å². The summed E-state index contributed by atoms with van der Waals surface area (Å²) in [5.74, 6) is 2.74. The predicted octanol–water partition coefficient (Wildman–Crippen LogP) is 3.26. The molecule has 17 heavy (non-hydrogen) atoms. The lowest BCUT2D eigenvalue weighted by molar-refractivity contribution is -0.122. The minimum Gasteiger partial charge on any atom is -0.388 e. The summed E-state index contributed by atoms with van der Waals surface area (Å²) >= 11 is 0. The van der Waals surface area contributed by atoms with Crippen molar-refractivity contribution in [2.45, 2.75) is 44.6 Å². The van der Waals surface area contributed by atoms with Crippen molar-refractivity contribution in [3.8, 4) is 0 Å². The zero-order valence-electron chi connectivity index (χ0n) is 10.2. The first kappa shape index (κ1) is 10.2. The molecule has 0 spiro atoms. The number of aromatic amines is 1. The summed E-state index contributed by atoms with van der Waals surface area (Å²) in [5, 5.41) is 10.8. The van der Waals surface area contributed by atoms with Crippen molar-refractivity contribution < 1.29 is 5.11 Å². The van der Waals surface area contributed by atoms with Gasteiger partial charge in [0.15, 0.2) is 0 Å². The number of H-pyrrole nitrogens is 1. The van der Waals surface area contributed by atoms with Gasteiger partial charge in [0.2, 0.25) is 0 Å². The van der Waals surface area contributed by atoms with Gasteiger partial charge in [-0.25, -0.2) is 0 Å². The molecular weight excluding hydrogens is 210 g/mol. The topological polar surface area (TPSA) is 36.0 Å². The average molecular weight is 231 g/mol. The van der Waals surface area contributed by atoms with Gasteiger partial charge in [0.05, 0.1) is 6.10 Å². The van der Waals surface area contributed by atoms with E-state index in [2.05, 4.69) is 4.98 Å². The lowest BCUT2D eigenvalue weighted by Gasteiger charge is -2.58. The molecular formula is C15H21NO. The lowest BCUT2D eigenvalue weighted by Crippen LogP contribution is -2.48. The van der Waals surface area contributed by atoms with E-state index in [-0.39, 0.29) is 11.5 Å². The highest BCUT2D eigenvalue weighted by Crippen LogP contribution is 2.63. The minimum atomic E-state index is -0.234. The van der Waals surface area contributed by atoms with Gasteiger partial charge in [0.25, 0.3) is 0 Å². The summed E-state index contributed by atoms with van der Waals surface area (Å²) in [6.07, 6.45) is 11.8. The third-order valence-corrected chi connectivity index (χ3v) is 5.60. The van der Waals surface area contributed by atoms with Crippen LogP contribution in [0.1, 0.15) is 50.2 Å². The molecule has 4 aliphatic rings. The molecule has 1 heterocycles. The summed E-state index contributed by atoms with van der Waals surface area (Å²) < 4.78 is 0. The highest BCUT2D eigenvalue weighted by molar-refractivity contribution is 5.18. The van der Waals surface area contributed by atoms with E-state index >= 15 is 0 Å². The predicted molar refractivity (Wildman–Crippen MR) is 66.4 cm³/mol. The van der Waals surface area contributed by atoms with E-state index in [0.717, 1.165) is 23.3 Å². The van der Waals surface area contributed by atoms with Crippen LogP contribution < -0.4 is 0 Å². The molecule has 0 aromatic carbocycles. The summed E-state index contributed by atoms with van der Waals surface area (Å²) in [6.45, 7) is 0. The first-order valence-corrected chi connectivity index (χ1v) is 7.06. The minimum absolute atomic E-state index is 0.219. The molecule has 2 nitrogen and oxygen atoms in total. The highest BCUT2D eigenvalue weighted by atomic mass is 16.3. The van der Waals surface area contributed by atoms with Gasteiger partial charge in [0, 0.05) is 17.8 Å². The molecule has 1 atom stereocenters. The Labute approximate surface area is 102 Å². The van der Waals surface area contributed by atoms with Crippen molar-refractivity contribution in [3.05, 3.63) is 24.0 Å². The van der Waals surface area contributed by atoms with E-state index in [4.69, 9.17) is 0 Å². The van der Waals surface area contributed by atoms with Crippen molar-refractivity contribution in [1.82, 2.24) is 4.98 Å². The fourth-order valence-electron chi connectivity index (χ4n) is 5.37. The van der Waals surface area contributed by atoms with E-state index in [1.165, 1.54) is 38.5 Å². The Hall–Kier alpha value is -0.760. The number of aromatic nitrogens is 1. The Bertz CT molecular complexity index is 373. The van der Waals surface area contributed by atoms with Gasteiger partial charge >= 0.3 is 0 Å². The number of hydrogen-bond donors (Lipinski definition) is 2. The van der Waals surface area contributed by atoms with E-state index in [1.54, 1.807) is 0 Å². The largest absolute Gasteiger partial charge is 0.388 e.